The Hall–Kier alpha value is -2.46. The van der Waals surface area contributed by atoms with Crippen molar-refractivity contribution in [3.8, 4) is 0 Å². The molecule has 0 spiro atoms. The van der Waals surface area contributed by atoms with Crippen molar-refractivity contribution in [1.82, 2.24) is 10.3 Å². The second-order valence-electron chi connectivity index (χ2n) is 8.86. The van der Waals surface area contributed by atoms with Crippen molar-refractivity contribution >= 4 is 28.3 Å². The summed E-state index contributed by atoms with van der Waals surface area (Å²) in [6, 6.07) is 12.0. The number of hydrogen-bond acceptors (Lipinski definition) is 3. The lowest BCUT2D eigenvalue weighted by Gasteiger charge is -2.17. The third-order valence-corrected chi connectivity index (χ3v) is 6.90. The van der Waals surface area contributed by atoms with Gasteiger partial charge in [0.05, 0.1) is 11.7 Å². The van der Waals surface area contributed by atoms with Crippen LogP contribution < -0.4 is 5.32 Å². The molecule has 1 aromatic heterocycles. The smallest absolute Gasteiger partial charge is 0.223 e. The first kappa shape index (κ1) is 21.8. The van der Waals surface area contributed by atoms with Crippen molar-refractivity contribution < 1.29 is 9.59 Å². The van der Waals surface area contributed by atoms with Crippen molar-refractivity contribution in [3.63, 3.8) is 0 Å². The molecule has 5 heteroatoms. The zero-order valence-electron chi connectivity index (χ0n) is 17.9. The monoisotopic (exact) mass is 436 g/mol. The highest BCUT2D eigenvalue weighted by Gasteiger charge is 2.31. The van der Waals surface area contributed by atoms with Gasteiger partial charge in [-0.3, -0.25) is 14.6 Å². The van der Waals surface area contributed by atoms with Gasteiger partial charge in [-0.2, -0.15) is 0 Å². The highest BCUT2D eigenvalue weighted by Crippen LogP contribution is 2.33. The summed E-state index contributed by atoms with van der Waals surface area (Å²) in [5.41, 5.74) is 4.29. The Bertz CT molecular complexity index is 986. The number of nitrogens with zero attached hydrogens (tertiary/aromatic N) is 1. The highest BCUT2D eigenvalue weighted by atomic mass is 35.5. The van der Waals surface area contributed by atoms with E-state index < -0.39 is 6.04 Å². The van der Waals surface area contributed by atoms with Crippen LogP contribution in [0.5, 0.6) is 0 Å². The molecule has 0 radical (unpaired) electrons. The highest BCUT2D eigenvalue weighted by molar-refractivity contribution is 6.49. The van der Waals surface area contributed by atoms with E-state index in [1.165, 1.54) is 5.56 Å². The maximum atomic E-state index is 12.7. The number of carbonyl (C=O) groups excluding carboxylic acids is 2. The van der Waals surface area contributed by atoms with Crippen LogP contribution in [0.15, 0.2) is 48.7 Å². The molecule has 0 bridgehead atoms. The van der Waals surface area contributed by atoms with Crippen molar-refractivity contribution in [2.45, 2.75) is 57.9 Å². The summed E-state index contributed by atoms with van der Waals surface area (Å²) in [7, 11) is 0. The third-order valence-electron chi connectivity index (χ3n) is 6.54. The fraction of sp³-hybridized carbons (Fsp3) is 0.423. The average Bonchev–Trinajstić information content (AvgIpc) is 3.39. The number of fused-ring (bicyclic) bond motifs is 1. The van der Waals surface area contributed by atoms with Crippen LogP contribution in [-0.2, 0) is 28.9 Å². The van der Waals surface area contributed by atoms with Gasteiger partial charge >= 0.3 is 0 Å². The molecular weight excluding hydrogens is 408 g/mol. The zero-order valence-corrected chi connectivity index (χ0v) is 18.7. The molecule has 4 rings (SSSR count). The van der Waals surface area contributed by atoms with E-state index in [4.69, 9.17) is 11.6 Å². The average molecular weight is 437 g/mol. The van der Waals surface area contributed by atoms with E-state index in [1.807, 2.05) is 24.4 Å². The summed E-state index contributed by atoms with van der Waals surface area (Å²) in [5.74, 6) is 0.623. The number of hydrogen-bond donors (Lipinski definition) is 1. The lowest BCUT2D eigenvalue weighted by molar-refractivity contribution is -0.129. The van der Waals surface area contributed by atoms with Crippen LogP contribution in [0.4, 0.5) is 0 Å². The zero-order chi connectivity index (χ0) is 21.8. The Balaban J connectivity index is 1.23. The SMILES string of the molecule is C[C@H](NC(=O)[C@@H]1CC[C@@H](Cc2ccccc2)C1)C(=O)CCc1cnc2c(c1)C(Cl)=CC2. The van der Waals surface area contributed by atoms with E-state index in [2.05, 4.69) is 34.6 Å². The molecule has 2 aliphatic carbocycles. The molecule has 1 N–H and O–H groups in total. The van der Waals surface area contributed by atoms with Gasteiger partial charge in [0.15, 0.2) is 5.78 Å². The molecule has 2 aromatic rings. The predicted octanol–water partition coefficient (Wildman–Crippen LogP) is 4.88. The first-order valence-electron chi connectivity index (χ1n) is 11.2. The van der Waals surface area contributed by atoms with Crippen LogP contribution in [-0.4, -0.2) is 22.7 Å². The van der Waals surface area contributed by atoms with Crippen molar-refractivity contribution in [3.05, 3.63) is 71.1 Å². The summed E-state index contributed by atoms with van der Waals surface area (Å²) in [5, 5.41) is 3.69. The van der Waals surface area contributed by atoms with Gasteiger partial charge in [0.25, 0.3) is 0 Å². The molecule has 31 heavy (non-hydrogen) atoms. The van der Waals surface area contributed by atoms with Crippen LogP contribution in [0, 0.1) is 11.8 Å². The quantitative estimate of drug-likeness (QED) is 0.641. The maximum Gasteiger partial charge on any atom is 0.223 e. The number of benzene rings is 1. The molecule has 0 saturated heterocycles. The Labute approximate surface area is 189 Å². The van der Waals surface area contributed by atoms with E-state index >= 15 is 0 Å². The van der Waals surface area contributed by atoms with E-state index in [9.17, 15) is 9.59 Å². The van der Waals surface area contributed by atoms with Crippen LogP contribution in [0.1, 0.15) is 55.0 Å². The number of pyridine rings is 1. The molecule has 1 saturated carbocycles. The molecule has 0 aliphatic heterocycles. The summed E-state index contributed by atoms with van der Waals surface area (Å²) in [4.78, 5) is 29.8. The molecule has 162 valence electrons. The van der Waals surface area contributed by atoms with Gasteiger partial charge in [0.1, 0.15) is 0 Å². The fourth-order valence-corrected chi connectivity index (χ4v) is 4.92. The van der Waals surface area contributed by atoms with E-state index in [0.717, 1.165) is 54.0 Å². The van der Waals surface area contributed by atoms with Crippen LogP contribution in [0.25, 0.3) is 5.03 Å². The van der Waals surface area contributed by atoms with Gasteiger partial charge in [-0.05, 0) is 62.1 Å². The van der Waals surface area contributed by atoms with Crippen molar-refractivity contribution in [1.29, 1.82) is 0 Å². The van der Waals surface area contributed by atoms with E-state index in [-0.39, 0.29) is 17.6 Å². The number of aromatic nitrogens is 1. The first-order chi connectivity index (χ1) is 15.0. The number of amides is 1. The second-order valence-corrected chi connectivity index (χ2v) is 9.26. The van der Waals surface area contributed by atoms with Crippen LogP contribution >= 0.6 is 11.6 Å². The molecule has 1 fully saturated rings. The minimum absolute atomic E-state index is 0.0128. The lowest BCUT2D eigenvalue weighted by atomic mass is 9.96. The van der Waals surface area contributed by atoms with Gasteiger partial charge in [0.2, 0.25) is 5.91 Å². The third kappa shape index (κ3) is 5.43. The molecule has 1 amide bonds. The first-order valence-corrected chi connectivity index (χ1v) is 11.6. The largest absolute Gasteiger partial charge is 0.346 e. The second kappa shape index (κ2) is 9.78. The number of nitrogens with one attached hydrogen (secondary N) is 1. The Morgan fingerprint density at radius 1 is 1.19 bits per heavy atom. The van der Waals surface area contributed by atoms with Gasteiger partial charge < -0.3 is 5.32 Å². The lowest BCUT2D eigenvalue weighted by Crippen LogP contribution is -2.41. The molecule has 2 aliphatic rings. The van der Waals surface area contributed by atoms with Gasteiger partial charge in [-0.15, -0.1) is 0 Å². The topological polar surface area (TPSA) is 59.1 Å². The number of halogens is 1. The maximum absolute atomic E-state index is 12.7. The van der Waals surface area contributed by atoms with Crippen molar-refractivity contribution in [2.75, 3.05) is 0 Å². The molecular formula is C26H29ClN2O2. The Morgan fingerprint density at radius 2 is 2.00 bits per heavy atom. The summed E-state index contributed by atoms with van der Waals surface area (Å²) >= 11 is 6.21. The minimum Gasteiger partial charge on any atom is -0.346 e. The van der Waals surface area contributed by atoms with Gasteiger partial charge in [-0.1, -0.05) is 48.0 Å². The number of carbonyl (C=O) groups is 2. The Kier molecular flexibility index (Phi) is 6.86. The molecule has 4 nitrogen and oxygen atoms in total. The van der Waals surface area contributed by atoms with E-state index in [0.29, 0.717) is 18.8 Å². The number of ketones is 1. The molecule has 1 aromatic carbocycles. The number of Topliss-reactive ketones (excluding diaryl/α,β-unsaturated/α-hetero) is 1. The molecule has 0 unspecified atom stereocenters. The summed E-state index contributed by atoms with van der Waals surface area (Å²) < 4.78 is 0. The molecule has 1 heterocycles. The van der Waals surface area contributed by atoms with Crippen LogP contribution in [0.3, 0.4) is 0 Å². The summed E-state index contributed by atoms with van der Waals surface area (Å²) in [6.07, 6.45) is 9.42. The predicted molar refractivity (Wildman–Crippen MR) is 124 cm³/mol. The van der Waals surface area contributed by atoms with Gasteiger partial charge in [-0.25, -0.2) is 0 Å². The minimum atomic E-state index is -0.466. The van der Waals surface area contributed by atoms with E-state index in [1.54, 1.807) is 6.92 Å². The number of aryl methyl sites for hydroxylation is 1. The van der Waals surface area contributed by atoms with Crippen molar-refractivity contribution in [2.24, 2.45) is 11.8 Å². The summed E-state index contributed by atoms with van der Waals surface area (Å²) in [6.45, 7) is 1.79. The van der Waals surface area contributed by atoms with Crippen LogP contribution in [0.2, 0.25) is 0 Å². The Morgan fingerprint density at radius 3 is 2.81 bits per heavy atom. The normalized spacial score (nSPS) is 20.8. The molecule has 3 atom stereocenters. The standard InChI is InChI=1S/C26H29ClN2O2/c1-17(25(30)12-8-20-15-22-23(27)10-11-24(22)28-16-20)29-26(31)21-9-7-19(14-21)13-18-5-3-2-4-6-18/h2-6,10,15-17,19,21H,7-9,11-14H2,1H3,(H,29,31)/t17-,19-,21+/m0/s1. The fourth-order valence-electron chi connectivity index (χ4n) is 4.68. The van der Waals surface area contributed by atoms with Gasteiger partial charge in [0, 0.05) is 35.6 Å². The number of rotatable bonds is 8. The number of allylic oxidation sites excluding steroid dienone is 1.